The first-order chi connectivity index (χ1) is 47.7. The molecule has 101 heavy (non-hydrogen) atoms. The monoisotopic (exact) mass is 1710 g/mol. The Balaban J connectivity index is -0.00000122. The van der Waals surface area contributed by atoms with Gasteiger partial charge in [-0.2, -0.15) is 12.6 Å². The van der Waals surface area contributed by atoms with Gasteiger partial charge in [0, 0.05) is 33.3 Å². The number of benzene rings is 9. The van der Waals surface area contributed by atoms with E-state index >= 15 is 0 Å². The van der Waals surface area contributed by atoms with E-state index < -0.39 is 40.9 Å². The molecule has 0 N–H and O–H groups in total. The van der Waals surface area contributed by atoms with Crippen LogP contribution in [0.1, 0.15) is 71.4 Å². The molecule has 23 heteroatoms. The average Bonchev–Trinajstić information content (AvgIpc) is 0.758. The number of hydrogen-bond donors (Lipinski definition) is 1. The molecule has 2 fully saturated rings. The van der Waals surface area contributed by atoms with Crippen LogP contribution in [0.2, 0.25) is 0 Å². The predicted molar refractivity (Wildman–Crippen MR) is 450 cm³/mol. The zero-order valence-corrected chi connectivity index (χ0v) is 75.0. The van der Waals surface area contributed by atoms with Crippen LogP contribution in [0, 0.1) is 0 Å². The van der Waals surface area contributed by atoms with Crippen molar-refractivity contribution in [2.24, 2.45) is 0 Å². The maximum atomic E-state index is 6.07. The van der Waals surface area contributed by atoms with Crippen LogP contribution in [0.25, 0.3) is 0 Å². The quantitative estimate of drug-likeness (QED) is 0.0394. The van der Waals surface area contributed by atoms with Crippen molar-refractivity contribution < 1.29 is 123 Å². The van der Waals surface area contributed by atoms with Gasteiger partial charge in [-0.3, -0.25) is 0 Å². The zero-order valence-electron chi connectivity index (χ0n) is 63.3. The molecule has 0 atom stereocenters. The number of rotatable bonds is 23. The number of hydrogen-bond acceptors (Lipinski definition) is 12. The Morgan fingerprint density at radius 1 is 0.436 bits per heavy atom. The fraction of sp³-hybridized carbons (Fsp3) is 0.295. The Bertz CT molecular complexity index is 3350. The van der Waals surface area contributed by atoms with Gasteiger partial charge < -0.3 is 73.4 Å². The molecule has 542 valence electrons. The molecule has 0 saturated carbocycles. The van der Waals surface area contributed by atoms with E-state index in [0.717, 1.165) is 32.3 Å². The van der Waals surface area contributed by atoms with Gasteiger partial charge in [0.25, 0.3) is 5.84 Å². The Labute approximate surface area is 695 Å². The average molecular weight is 1710 g/mol. The van der Waals surface area contributed by atoms with Crippen molar-refractivity contribution in [3.05, 3.63) is 279 Å². The van der Waals surface area contributed by atoms with E-state index in [9.17, 15) is 0 Å². The summed E-state index contributed by atoms with van der Waals surface area (Å²) >= 11 is 25.6. The smallest absolute Gasteiger partial charge is 1.00 e. The van der Waals surface area contributed by atoms with Crippen LogP contribution in [0.4, 0.5) is 0 Å². The summed E-state index contributed by atoms with van der Waals surface area (Å²) in [6.45, 7) is 14.3. The van der Waals surface area contributed by atoms with Crippen LogP contribution >= 0.6 is 64.8 Å². The van der Waals surface area contributed by atoms with Gasteiger partial charge in [-0.05, 0) is 204 Å². The van der Waals surface area contributed by atoms with E-state index in [4.69, 9.17) is 84.6 Å². The van der Waals surface area contributed by atoms with Crippen LogP contribution in [0.5, 0.6) is 0 Å². The van der Waals surface area contributed by atoms with Crippen molar-refractivity contribution in [3.8, 4) is 0 Å². The van der Waals surface area contributed by atoms with Gasteiger partial charge in [0.2, 0.25) is 13.0 Å². The van der Waals surface area contributed by atoms with Gasteiger partial charge >= 0.3 is 48.4 Å². The minimum atomic E-state index is -2.58. The molecule has 2 aliphatic rings. The minimum Gasteiger partial charge on any atom is -1.00 e. The van der Waals surface area contributed by atoms with E-state index in [-0.39, 0.29) is 91.5 Å². The van der Waals surface area contributed by atoms with E-state index in [2.05, 4.69) is 267 Å². The fourth-order valence-corrected chi connectivity index (χ4v) is 32.4. The van der Waals surface area contributed by atoms with Gasteiger partial charge in [0.05, 0.1) is 64.8 Å². The minimum absolute atomic E-state index is 0. The fourth-order valence-electron chi connectivity index (χ4n) is 10.0. The molecular formula is C78H105Br2ClLiNaO8P6S4. The molecule has 0 spiro atoms. The van der Waals surface area contributed by atoms with Crippen molar-refractivity contribution in [1.29, 1.82) is 0 Å². The Morgan fingerprint density at radius 2 is 0.663 bits per heavy atom. The number of ether oxygens (including phenoxy) is 2. The van der Waals surface area contributed by atoms with Gasteiger partial charge in [0.1, 0.15) is 29.1 Å². The van der Waals surface area contributed by atoms with Crippen LogP contribution < -0.4 is 125 Å². The summed E-state index contributed by atoms with van der Waals surface area (Å²) in [5.74, 6) is -1.56. The van der Waals surface area contributed by atoms with E-state index in [1.54, 1.807) is 0 Å². The van der Waals surface area contributed by atoms with E-state index in [1.807, 2.05) is 77.9 Å². The summed E-state index contributed by atoms with van der Waals surface area (Å²) in [6.07, 6.45) is 5.31. The second-order valence-electron chi connectivity index (χ2n) is 21.1. The largest absolute Gasteiger partial charge is 1.00 e. The molecule has 2 saturated heterocycles. The Kier molecular flexibility index (Phi) is 58.1. The van der Waals surface area contributed by atoms with Gasteiger partial charge in [-0.1, -0.05) is 218 Å². The van der Waals surface area contributed by atoms with Gasteiger partial charge in [-0.25, -0.2) is 0 Å². The summed E-state index contributed by atoms with van der Waals surface area (Å²) in [6, 6.07) is 97.8. The number of halogens is 3. The van der Waals surface area contributed by atoms with Gasteiger partial charge in [0.15, 0.2) is 0 Å². The molecule has 0 aliphatic carbocycles. The van der Waals surface area contributed by atoms with Gasteiger partial charge in [-0.15, -0.1) is 0 Å². The first-order valence-corrected chi connectivity index (χ1v) is 48.5. The molecule has 2 heterocycles. The Hall–Kier alpha value is -1.03. The topological polar surface area (TPSA) is 73.8 Å². The van der Waals surface area contributed by atoms with E-state index in [0.29, 0.717) is 39.6 Å². The molecule has 8 nitrogen and oxygen atoms in total. The maximum absolute atomic E-state index is 6.07. The zero-order chi connectivity index (χ0) is 70.9. The molecule has 0 radical (unpaired) electrons. The third kappa shape index (κ3) is 37.3. The van der Waals surface area contributed by atoms with Crippen LogP contribution in [0.15, 0.2) is 279 Å². The predicted octanol–water partition coefficient (Wildman–Crippen LogP) is 7.51. The van der Waals surface area contributed by atoms with Crippen molar-refractivity contribution >= 4 is 148 Å². The second-order valence-corrected chi connectivity index (χ2v) is 43.3. The molecule has 11 rings (SSSR count). The molecular weight excluding hydrogens is 1600 g/mol. The second kappa shape index (κ2) is 59.9. The van der Waals surface area contributed by atoms with Crippen LogP contribution in [0.3, 0.4) is 0 Å². The maximum Gasteiger partial charge on any atom is 1.00 e. The van der Waals surface area contributed by atoms with Crippen molar-refractivity contribution in [2.75, 3.05) is 84.9 Å². The molecule has 0 bridgehead atoms. The van der Waals surface area contributed by atoms with E-state index in [1.165, 1.54) is 68.1 Å². The van der Waals surface area contributed by atoms with Crippen molar-refractivity contribution in [2.45, 2.75) is 67.2 Å². The molecule has 0 amide bonds. The molecule has 9 aromatic carbocycles. The third-order valence-electron chi connectivity index (χ3n) is 14.4. The van der Waals surface area contributed by atoms with Crippen molar-refractivity contribution in [1.82, 2.24) is 0 Å². The summed E-state index contributed by atoms with van der Waals surface area (Å²) in [4.78, 5) is 0. The summed E-state index contributed by atoms with van der Waals surface area (Å²) in [7, 11) is -2.53. The van der Waals surface area contributed by atoms with Crippen LogP contribution in [-0.4, -0.2) is 90.4 Å². The third-order valence-corrected chi connectivity index (χ3v) is 37.3. The molecule has 2 aliphatic heterocycles. The van der Waals surface area contributed by atoms with Crippen LogP contribution in [-0.2, 0) is 72.0 Å². The molecule has 0 aromatic heterocycles. The number of thiol groups is 1. The Morgan fingerprint density at radius 3 is 0.891 bits per heavy atom. The summed E-state index contributed by atoms with van der Waals surface area (Å²) in [5, 5.41) is 10.7. The summed E-state index contributed by atoms with van der Waals surface area (Å²) in [5.41, 5.74) is 2.25. The molecule has 9 aromatic rings. The first-order valence-electron chi connectivity index (χ1n) is 33.7. The SMILES string of the molecule is C1CCOC1.C1CCOC1.CCOP(=S)(C=P(c1ccccc1)(c1ccccc1)c1ccccc1)OCC.CCOP(=S)(C[PH+](c1ccccc1)c1ccccc1)OCC.CCOP(=S)(Cl)OCC.C[P+](c1ccccc1)(c1ccccc1)c1ccccc1.[2H]CS.[Br-].[Br-].[H-].[H-].[Li+].[Na+].c1ccccc1. The normalized spacial score (nSPS) is 12.2. The standard InChI is InChI=1S/C23H26O2P2S.C19H18P.C17H22O2P2S.C6H6.C4H10ClO2PS.2C4H8O.CH4S.2BrH.Li.Na.2H/c1-3-24-27(28,25-4-2)20-26(21-14-8-5-9-15-21,22-16-10-6-11-17-22)23-18-12-7-13-19-23;1-20(17-11-5-2-6-12-17,18-13-7-3-8-14-18)19-15-9-4-10-16-19;1-3-18-21(22,19-4-2)15-20(16-11-7-5-8-12-16)17-13-9-6-10-14-17;1-2-4-6-5-3-1;1-3-6-8(5,9)7-4-2;2*1-2-4-5-3-1;1-2;;;;;;/h5-20H,3-4H2,1-2H3;2-16H,1H3;5-14H,3-4,15H2,1-2H3;1-6H;3-4H2,1-2H3;2*1-4H2;2H,1H3;2*1H;;;;/q;+1;;;;;;;;;2*+1;2*-1/p-1/i;;;;;;;1D;;;;;;. The first kappa shape index (κ1) is 98.0. The molecule has 0 unspecified atom stereocenters. The van der Waals surface area contributed by atoms with Crippen molar-refractivity contribution in [3.63, 3.8) is 0 Å². The summed E-state index contributed by atoms with van der Waals surface area (Å²) < 4.78 is 49.7.